The molecule has 1 aromatic rings. The zero-order chi connectivity index (χ0) is 9.71. The minimum Gasteiger partial charge on any atom is -0.495 e. The van der Waals surface area contributed by atoms with Crippen LogP contribution >= 0.6 is 0 Å². The minimum absolute atomic E-state index is 0.798. The van der Waals surface area contributed by atoms with E-state index in [9.17, 15) is 0 Å². The van der Waals surface area contributed by atoms with E-state index in [1.807, 2.05) is 6.92 Å². The van der Waals surface area contributed by atoms with Crippen molar-refractivity contribution in [3.8, 4) is 5.75 Å². The van der Waals surface area contributed by atoms with E-state index < -0.39 is 0 Å². The molecule has 14 heavy (non-hydrogen) atoms. The number of pyridine rings is 1. The van der Waals surface area contributed by atoms with E-state index in [2.05, 4.69) is 11.2 Å². The van der Waals surface area contributed by atoms with Crippen LogP contribution in [0.2, 0.25) is 0 Å². The molecule has 0 saturated heterocycles. The molecule has 3 rings (SSSR count). The Morgan fingerprint density at radius 1 is 1.43 bits per heavy atom. The second-order valence-electron chi connectivity index (χ2n) is 4.46. The lowest BCUT2D eigenvalue weighted by atomic mass is 9.75. The summed E-state index contributed by atoms with van der Waals surface area (Å²) in [7, 11) is 1.75. The molecule has 0 aromatic carbocycles. The van der Waals surface area contributed by atoms with E-state index in [-0.39, 0.29) is 0 Å². The highest BCUT2D eigenvalue weighted by Gasteiger charge is 2.41. The number of aromatic nitrogens is 1. The van der Waals surface area contributed by atoms with Crippen LogP contribution < -0.4 is 4.74 Å². The molecule has 0 spiro atoms. The molecule has 0 aliphatic heterocycles. The lowest BCUT2D eigenvalue weighted by Crippen LogP contribution is -2.18. The largest absolute Gasteiger partial charge is 0.495 e. The van der Waals surface area contributed by atoms with E-state index in [1.165, 1.54) is 30.4 Å². The average molecular weight is 189 g/mol. The molecule has 2 unspecified atom stereocenters. The molecule has 1 aromatic heterocycles. The molecule has 2 heteroatoms. The lowest BCUT2D eigenvalue weighted by molar-refractivity contribution is 0.280. The van der Waals surface area contributed by atoms with Crippen molar-refractivity contribution in [3.05, 3.63) is 23.0 Å². The first-order valence-corrected chi connectivity index (χ1v) is 5.33. The third-order valence-corrected chi connectivity index (χ3v) is 3.84. The number of fused-ring (bicyclic) bond motifs is 3. The summed E-state index contributed by atoms with van der Waals surface area (Å²) in [5.74, 6) is 2.73. The van der Waals surface area contributed by atoms with Gasteiger partial charge in [-0.25, -0.2) is 0 Å². The van der Waals surface area contributed by atoms with Crippen molar-refractivity contribution < 1.29 is 4.74 Å². The second kappa shape index (κ2) is 2.72. The fraction of sp³-hybridized carbons (Fsp3) is 0.583. The number of methoxy groups -OCH3 is 1. The highest BCUT2D eigenvalue weighted by molar-refractivity contribution is 5.48. The lowest BCUT2D eigenvalue weighted by Gasteiger charge is -2.30. The second-order valence-corrected chi connectivity index (χ2v) is 4.46. The molecule has 2 aliphatic rings. The Kier molecular flexibility index (Phi) is 1.61. The predicted octanol–water partition coefficient (Wildman–Crippen LogP) is 2.45. The Balaban J connectivity index is 2.15. The van der Waals surface area contributed by atoms with Crippen LogP contribution in [0.25, 0.3) is 0 Å². The molecule has 0 bridgehead atoms. The molecule has 1 fully saturated rings. The fourth-order valence-electron chi connectivity index (χ4n) is 2.94. The van der Waals surface area contributed by atoms with Gasteiger partial charge in [-0.1, -0.05) is 0 Å². The number of hydrogen-bond donors (Lipinski definition) is 0. The SMILES string of the molecule is COc1c(C)ncc2c1CC1CCC21. The average Bonchev–Trinajstić information content (AvgIpc) is 2.39. The summed E-state index contributed by atoms with van der Waals surface area (Å²) in [6.45, 7) is 2.03. The van der Waals surface area contributed by atoms with Gasteiger partial charge in [0, 0.05) is 11.8 Å². The molecule has 2 nitrogen and oxygen atoms in total. The minimum atomic E-state index is 0.798. The van der Waals surface area contributed by atoms with Crippen molar-refractivity contribution in [2.75, 3.05) is 7.11 Å². The molecular formula is C12H15NO. The maximum Gasteiger partial charge on any atom is 0.143 e. The predicted molar refractivity (Wildman–Crippen MR) is 54.7 cm³/mol. The van der Waals surface area contributed by atoms with Gasteiger partial charge in [0.1, 0.15) is 5.75 Å². The number of ether oxygens (including phenoxy) is 1. The quantitative estimate of drug-likeness (QED) is 0.677. The number of aryl methyl sites for hydroxylation is 1. The molecule has 1 heterocycles. The first-order chi connectivity index (χ1) is 6.81. The molecule has 1 saturated carbocycles. The van der Waals surface area contributed by atoms with Gasteiger partial charge in [-0.15, -0.1) is 0 Å². The topological polar surface area (TPSA) is 22.1 Å². The van der Waals surface area contributed by atoms with Crippen molar-refractivity contribution in [2.24, 2.45) is 5.92 Å². The molecule has 2 atom stereocenters. The molecule has 0 amide bonds. The number of rotatable bonds is 1. The zero-order valence-corrected chi connectivity index (χ0v) is 8.71. The van der Waals surface area contributed by atoms with Crippen LogP contribution in [0.1, 0.15) is 35.6 Å². The van der Waals surface area contributed by atoms with Gasteiger partial charge in [-0.3, -0.25) is 4.98 Å². The van der Waals surface area contributed by atoms with E-state index in [1.54, 1.807) is 7.11 Å². The summed E-state index contributed by atoms with van der Waals surface area (Å²) in [6.07, 6.45) is 6.02. The molecule has 0 N–H and O–H groups in total. The van der Waals surface area contributed by atoms with E-state index in [0.29, 0.717) is 0 Å². The maximum atomic E-state index is 5.45. The Labute approximate surface area is 84.3 Å². The van der Waals surface area contributed by atoms with Crippen molar-refractivity contribution in [2.45, 2.75) is 32.1 Å². The third-order valence-electron chi connectivity index (χ3n) is 3.84. The Bertz CT molecular complexity index is 386. The Morgan fingerprint density at radius 2 is 2.29 bits per heavy atom. The van der Waals surface area contributed by atoms with Crippen LogP contribution in [-0.4, -0.2) is 12.1 Å². The van der Waals surface area contributed by atoms with Gasteiger partial charge in [-0.05, 0) is 43.6 Å². The highest BCUT2D eigenvalue weighted by atomic mass is 16.5. The summed E-state index contributed by atoms with van der Waals surface area (Å²) in [5.41, 5.74) is 3.93. The molecule has 2 aliphatic carbocycles. The van der Waals surface area contributed by atoms with E-state index >= 15 is 0 Å². The zero-order valence-electron chi connectivity index (χ0n) is 8.71. The van der Waals surface area contributed by atoms with E-state index in [4.69, 9.17) is 4.74 Å². The van der Waals surface area contributed by atoms with Gasteiger partial charge in [0.15, 0.2) is 0 Å². The van der Waals surface area contributed by atoms with Gasteiger partial charge < -0.3 is 4.74 Å². The van der Waals surface area contributed by atoms with Crippen molar-refractivity contribution in [1.29, 1.82) is 0 Å². The summed E-state index contributed by atoms with van der Waals surface area (Å²) >= 11 is 0. The van der Waals surface area contributed by atoms with Gasteiger partial charge in [0.2, 0.25) is 0 Å². The van der Waals surface area contributed by atoms with Crippen molar-refractivity contribution >= 4 is 0 Å². The van der Waals surface area contributed by atoms with E-state index in [0.717, 1.165) is 23.3 Å². The number of hydrogen-bond acceptors (Lipinski definition) is 2. The van der Waals surface area contributed by atoms with Crippen LogP contribution in [0, 0.1) is 12.8 Å². The smallest absolute Gasteiger partial charge is 0.143 e. The normalized spacial score (nSPS) is 27.9. The monoisotopic (exact) mass is 189 g/mol. The van der Waals surface area contributed by atoms with Gasteiger partial charge in [0.25, 0.3) is 0 Å². The Morgan fingerprint density at radius 3 is 2.93 bits per heavy atom. The van der Waals surface area contributed by atoms with Crippen LogP contribution in [-0.2, 0) is 6.42 Å². The van der Waals surface area contributed by atoms with Gasteiger partial charge in [0.05, 0.1) is 12.8 Å². The van der Waals surface area contributed by atoms with Crippen LogP contribution in [0.15, 0.2) is 6.20 Å². The van der Waals surface area contributed by atoms with Crippen LogP contribution in [0.3, 0.4) is 0 Å². The first kappa shape index (κ1) is 8.27. The van der Waals surface area contributed by atoms with Crippen LogP contribution in [0.4, 0.5) is 0 Å². The first-order valence-electron chi connectivity index (χ1n) is 5.33. The van der Waals surface area contributed by atoms with Gasteiger partial charge in [-0.2, -0.15) is 0 Å². The number of nitrogens with zero attached hydrogens (tertiary/aromatic N) is 1. The summed E-state index contributed by atoms with van der Waals surface area (Å²) in [5, 5.41) is 0. The van der Waals surface area contributed by atoms with Crippen molar-refractivity contribution in [1.82, 2.24) is 4.98 Å². The summed E-state index contributed by atoms with van der Waals surface area (Å²) in [4.78, 5) is 4.42. The van der Waals surface area contributed by atoms with Crippen LogP contribution in [0.5, 0.6) is 5.75 Å². The third kappa shape index (κ3) is 0.887. The summed E-state index contributed by atoms with van der Waals surface area (Å²) in [6, 6.07) is 0. The fourth-order valence-corrected chi connectivity index (χ4v) is 2.94. The summed E-state index contributed by atoms with van der Waals surface area (Å²) < 4.78 is 5.45. The molecule has 0 radical (unpaired) electrons. The highest BCUT2D eigenvalue weighted by Crippen LogP contribution is 2.53. The standard InChI is InChI=1S/C12H15NO/c1-7-12(14-2)10-5-8-3-4-9(8)11(10)6-13-7/h6,8-9H,3-5H2,1-2H3. The van der Waals surface area contributed by atoms with Crippen molar-refractivity contribution in [3.63, 3.8) is 0 Å². The molecule has 74 valence electrons. The maximum absolute atomic E-state index is 5.45. The Hall–Kier alpha value is -1.05. The molecular weight excluding hydrogens is 174 g/mol. The van der Waals surface area contributed by atoms with Gasteiger partial charge >= 0.3 is 0 Å².